The smallest absolute Gasteiger partial charge is 0.272 e. The van der Waals surface area contributed by atoms with E-state index in [1.165, 1.54) is 4.57 Å². The van der Waals surface area contributed by atoms with E-state index in [9.17, 15) is 4.79 Å². The lowest BCUT2D eigenvalue weighted by Gasteiger charge is -2.06. The topological polar surface area (TPSA) is 53.6 Å². The van der Waals surface area contributed by atoms with E-state index in [4.69, 9.17) is 23.8 Å². The van der Waals surface area contributed by atoms with Gasteiger partial charge in [-0.3, -0.25) is 5.10 Å². The van der Waals surface area contributed by atoms with E-state index < -0.39 is 0 Å². The summed E-state index contributed by atoms with van der Waals surface area (Å²) < 4.78 is 2.39. The molecule has 0 saturated carbocycles. The lowest BCUT2D eigenvalue weighted by molar-refractivity contribution is 0.969. The van der Waals surface area contributed by atoms with E-state index in [1.807, 2.05) is 13.0 Å². The Hall–Kier alpha value is -0.850. The molecule has 0 aliphatic carbocycles. The maximum Gasteiger partial charge on any atom is 0.347 e. The van der Waals surface area contributed by atoms with Crippen LogP contribution in [0.15, 0.2) is 21.4 Å². The van der Waals surface area contributed by atoms with Crippen LogP contribution in [0.4, 0.5) is 0 Å². The number of nitrogens with zero attached hydrogens (tertiary/aromatic N) is 1. The fourth-order valence-corrected chi connectivity index (χ4v) is 2.36. The van der Waals surface area contributed by atoms with Crippen molar-refractivity contribution in [2.45, 2.75) is 6.92 Å². The molecule has 16 heavy (non-hydrogen) atoms. The first kappa shape index (κ1) is 11.6. The molecule has 0 bridgehead atoms. The molecule has 7 heteroatoms. The van der Waals surface area contributed by atoms with Gasteiger partial charge >= 0.3 is 5.69 Å². The lowest BCUT2D eigenvalue weighted by Crippen LogP contribution is -2.15. The molecule has 2 aromatic rings. The van der Waals surface area contributed by atoms with E-state index in [1.54, 1.807) is 6.07 Å². The summed E-state index contributed by atoms with van der Waals surface area (Å²) in [7, 11) is 0. The minimum Gasteiger partial charge on any atom is -0.272 e. The van der Waals surface area contributed by atoms with Crippen LogP contribution in [-0.2, 0) is 0 Å². The zero-order chi connectivity index (χ0) is 11.9. The molecule has 2 N–H and O–H groups in total. The molecule has 2 rings (SSSR count). The zero-order valence-corrected chi connectivity index (χ0v) is 11.3. The summed E-state index contributed by atoms with van der Waals surface area (Å²) in [5, 5.41) is 5.57. The predicted molar refractivity (Wildman–Crippen MR) is 69.0 cm³/mol. The van der Waals surface area contributed by atoms with E-state index in [0.29, 0.717) is 15.5 Å². The highest BCUT2D eigenvalue weighted by molar-refractivity contribution is 9.10. The third-order valence-electron chi connectivity index (χ3n) is 2.15. The molecule has 4 nitrogen and oxygen atoms in total. The second kappa shape index (κ2) is 4.20. The third-order valence-corrected chi connectivity index (χ3v) is 3.48. The van der Waals surface area contributed by atoms with Crippen LogP contribution in [0.3, 0.4) is 0 Å². The molecule has 84 valence electrons. The van der Waals surface area contributed by atoms with Crippen LogP contribution in [0.1, 0.15) is 5.56 Å². The fraction of sp³-hybridized carbons (Fsp3) is 0.111. The van der Waals surface area contributed by atoms with E-state index in [-0.39, 0.29) is 5.69 Å². The van der Waals surface area contributed by atoms with E-state index >= 15 is 0 Å². The standard InChI is InChI=1S/C9H7BrClN3OS/c1-4-2-5(10)7(3-6(4)11)14-8(15)12-13-9(14)16/h2-3H,1H3,(H,12,15)(H,13,16). The Kier molecular flexibility index (Phi) is 3.05. The van der Waals surface area contributed by atoms with Gasteiger partial charge in [0.2, 0.25) is 4.77 Å². The minimum absolute atomic E-state index is 0.297. The molecular formula is C9H7BrClN3OS. The quantitative estimate of drug-likeness (QED) is 0.794. The number of aryl methyl sites for hydroxylation is 1. The Bertz CT molecular complexity index is 630. The largest absolute Gasteiger partial charge is 0.347 e. The van der Waals surface area contributed by atoms with Crippen LogP contribution in [0.5, 0.6) is 0 Å². The van der Waals surface area contributed by atoms with Gasteiger partial charge < -0.3 is 0 Å². The molecule has 0 radical (unpaired) electrons. The SMILES string of the molecule is Cc1cc(Br)c(-n2c(=O)[nH][nH]c2=S)cc1Cl. The summed E-state index contributed by atoms with van der Waals surface area (Å²) in [6, 6.07) is 3.53. The van der Waals surface area contributed by atoms with E-state index in [2.05, 4.69) is 26.1 Å². The number of H-pyrrole nitrogens is 2. The summed E-state index contributed by atoms with van der Waals surface area (Å²) in [5.41, 5.74) is 1.21. The van der Waals surface area contributed by atoms with Gasteiger partial charge in [0, 0.05) is 9.50 Å². The maximum absolute atomic E-state index is 11.5. The van der Waals surface area contributed by atoms with Crippen LogP contribution < -0.4 is 5.69 Å². The molecule has 0 fully saturated rings. The first-order chi connectivity index (χ1) is 7.50. The number of benzene rings is 1. The third kappa shape index (κ3) is 1.88. The monoisotopic (exact) mass is 319 g/mol. The molecule has 1 heterocycles. The van der Waals surface area contributed by atoms with E-state index in [0.717, 1.165) is 10.0 Å². The van der Waals surface area contributed by atoms with Crippen LogP contribution in [0, 0.1) is 11.7 Å². The first-order valence-corrected chi connectivity index (χ1v) is 5.94. The van der Waals surface area contributed by atoms with Crippen molar-refractivity contribution in [3.05, 3.63) is 42.4 Å². The van der Waals surface area contributed by atoms with Crippen LogP contribution in [0.25, 0.3) is 5.69 Å². The van der Waals surface area contributed by atoms with Gasteiger partial charge in [-0.25, -0.2) is 14.5 Å². The Balaban J connectivity index is 2.80. The molecule has 0 saturated heterocycles. The van der Waals surface area contributed by atoms with Gasteiger partial charge in [0.25, 0.3) is 0 Å². The van der Waals surface area contributed by atoms with Gasteiger partial charge in [-0.1, -0.05) is 11.6 Å². The minimum atomic E-state index is -0.328. The molecule has 0 amide bonds. The van der Waals surface area contributed by atoms with Crippen molar-refractivity contribution in [3.8, 4) is 5.69 Å². The summed E-state index contributed by atoms with van der Waals surface area (Å²) in [6.07, 6.45) is 0. The number of hydrogen-bond donors (Lipinski definition) is 2. The number of aromatic nitrogens is 3. The second-order valence-corrected chi connectivity index (χ2v) is 4.90. The first-order valence-electron chi connectivity index (χ1n) is 4.36. The average Bonchev–Trinajstić information content (AvgIpc) is 2.53. The zero-order valence-electron chi connectivity index (χ0n) is 8.17. The van der Waals surface area contributed by atoms with Gasteiger partial charge in [-0.15, -0.1) is 0 Å². The molecule has 0 unspecified atom stereocenters. The molecule has 1 aromatic carbocycles. The summed E-state index contributed by atoms with van der Waals surface area (Å²) in [5.74, 6) is 0. The maximum atomic E-state index is 11.5. The molecule has 0 aliphatic rings. The number of hydrogen-bond acceptors (Lipinski definition) is 2. The average molecular weight is 321 g/mol. The van der Waals surface area contributed by atoms with Gasteiger partial charge in [-0.05, 0) is 52.8 Å². The second-order valence-electron chi connectivity index (χ2n) is 3.25. The lowest BCUT2D eigenvalue weighted by atomic mass is 10.2. The van der Waals surface area contributed by atoms with Crippen LogP contribution in [-0.4, -0.2) is 14.8 Å². The normalized spacial score (nSPS) is 10.7. The van der Waals surface area contributed by atoms with Gasteiger partial charge in [0.05, 0.1) is 5.69 Å². The highest BCUT2D eigenvalue weighted by Gasteiger charge is 2.10. The predicted octanol–water partition coefficient (Wildman–Crippen LogP) is 2.95. The number of halogens is 2. The van der Waals surface area contributed by atoms with Crippen molar-refractivity contribution >= 4 is 39.7 Å². The van der Waals surface area contributed by atoms with Crippen molar-refractivity contribution in [3.63, 3.8) is 0 Å². The Morgan fingerprint density at radius 3 is 2.69 bits per heavy atom. The number of aromatic amines is 2. The van der Waals surface area contributed by atoms with Crippen LogP contribution >= 0.6 is 39.7 Å². The molecular weight excluding hydrogens is 314 g/mol. The van der Waals surface area contributed by atoms with Crippen molar-refractivity contribution in [2.24, 2.45) is 0 Å². The summed E-state index contributed by atoms with van der Waals surface area (Å²) in [4.78, 5) is 11.5. The van der Waals surface area contributed by atoms with Crippen molar-refractivity contribution < 1.29 is 0 Å². The Morgan fingerprint density at radius 2 is 2.12 bits per heavy atom. The summed E-state index contributed by atoms with van der Waals surface area (Å²) in [6.45, 7) is 1.89. The molecule has 0 atom stereocenters. The van der Waals surface area contributed by atoms with Crippen molar-refractivity contribution in [1.82, 2.24) is 14.8 Å². The van der Waals surface area contributed by atoms with Gasteiger partial charge in [0.15, 0.2) is 0 Å². The highest BCUT2D eigenvalue weighted by atomic mass is 79.9. The van der Waals surface area contributed by atoms with Crippen molar-refractivity contribution in [2.75, 3.05) is 0 Å². The van der Waals surface area contributed by atoms with Crippen molar-refractivity contribution in [1.29, 1.82) is 0 Å². The molecule has 0 aliphatic heterocycles. The summed E-state index contributed by atoms with van der Waals surface area (Å²) >= 11 is 14.4. The van der Waals surface area contributed by atoms with Gasteiger partial charge in [-0.2, -0.15) is 0 Å². The fourth-order valence-electron chi connectivity index (χ4n) is 1.34. The number of nitrogens with one attached hydrogen (secondary N) is 2. The molecule has 0 spiro atoms. The number of rotatable bonds is 1. The van der Waals surface area contributed by atoms with Crippen LogP contribution in [0.2, 0.25) is 5.02 Å². The Labute approximate surface area is 109 Å². The molecule has 1 aromatic heterocycles. The van der Waals surface area contributed by atoms with Gasteiger partial charge in [0.1, 0.15) is 0 Å². The highest BCUT2D eigenvalue weighted by Crippen LogP contribution is 2.27. The Morgan fingerprint density at radius 1 is 1.44 bits per heavy atom.